The molecule has 0 aromatic rings. The van der Waals surface area contributed by atoms with Crippen LogP contribution in [0.1, 0.15) is 48.5 Å². The molecule has 0 unspecified atom stereocenters. The predicted octanol–water partition coefficient (Wildman–Crippen LogP) is -1.32. The highest BCUT2D eigenvalue weighted by atomic mass is 35.5. The lowest BCUT2D eigenvalue weighted by molar-refractivity contribution is -0.107. The lowest BCUT2D eigenvalue weighted by atomic mass is 9.90. The Balaban J connectivity index is -0.0000000471. The van der Waals surface area contributed by atoms with E-state index in [1.807, 2.05) is 20.8 Å². The van der Waals surface area contributed by atoms with Crippen LogP contribution in [0.4, 0.5) is 0 Å². The van der Waals surface area contributed by atoms with E-state index in [0.717, 1.165) is 0 Å². The summed E-state index contributed by atoms with van der Waals surface area (Å²) in [4.78, 5) is 0. The van der Waals surface area contributed by atoms with Crippen molar-refractivity contribution in [3.8, 4) is 0 Å². The van der Waals surface area contributed by atoms with Gasteiger partial charge in [0.25, 0.3) is 0 Å². The van der Waals surface area contributed by atoms with Gasteiger partial charge in [0.15, 0.2) is 0 Å². The van der Waals surface area contributed by atoms with E-state index >= 15 is 0 Å². The first kappa shape index (κ1) is 30.4. The Morgan fingerprint density at radius 2 is 0.824 bits per heavy atom. The summed E-state index contributed by atoms with van der Waals surface area (Å²) in [5.41, 5.74) is 3.34. The number of hydrogen-bond donors (Lipinski definition) is 3. The number of rotatable bonds is 1. The van der Waals surface area contributed by atoms with E-state index in [9.17, 15) is 0 Å². The zero-order chi connectivity index (χ0) is 13.5. The van der Waals surface area contributed by atoms with Crippen LogP contribution in [0, 0.1) is 0 Å². The first-order valence-electron chi connectivity index (χ1n) is 4.86. The van der Waals surface area contributed by atoms with Crippen LogP contribution in [0.2, 0.25) is 0 Å². The molecule has 7 heteroatoms. The van der Waals surface area contributed by atoms with Crippen molar-refractivity contribution in [2.24, 2.45) is 5.73 Å². The third-order valence-electron chi connectivity index (χ3n) is 1.50. The molecule has 0 saturated carbocycles. The van der Waals surface area contributed by atoms with E-state index in [1.165, 1.54) is 7.26 Å². The van der Waals surface area contributed by atoms with Gasteiger partial charge in [0.1, 0.15) is 0 Å². The lowest BCUT2D eigenvalue weighted by Gasteiger charge is -2.31. The molecular weight excluding hydrogens is 234 g/mol. The van der Waals surface area contributed by atoms with Gasteiger partial charge in [-0.2, -0.15) is 0 Å². The van der Waals surface area contributed by atoms with Gasteiger partial charge in [-0.15, -0.1) is 0 Å². The second kappa shape index (κ2) is 11.5. The number of hydrogen-bond acceptors (Lipinski definition) is 3. The molecule has 0 aliphatic rings. The van der Waals surface area contributed by atoms with E-state index in [1.54, 1.807) is 27.7 Å². The first-order valence-corrected chi connectivity index (χ1v) is 5.62. The molecule has 106 valence electrons. The van der Waals surface area contributed by atoms with Crippen molar-refractivity contribution in [1.29, 1.82) is 0 Å². The Morgan fingerprint density at radius 1 is 0.765 bits per heavy atom. The molecule has 0 spiro atoms. The number of aliphatic hydroxyl groups is 2. The van der Waals surface area contributed by atoms with Crippen molar-refractivity contribution in [2.75, 3.05) is 0 Å². The first-order chi connectivity index (χ1) is 6.25. The fourth-order valence-electron chi connectivity index (χ4n) is 0. The zero-order valence-electron chi connectivity index (χ0n) is 11.3. The molecule has 4 N–H and O–H groups in total. The van der Waals surface area contributed by atoms with Gasteiger partial charge in [-0.1, -0.05) is 0 Å². The third-order valence-corrected chi connectivity index (χ3v) is 1.50. The standard InChI is InChI=1S/C6H14O2.C4H11N.BClH2.2BH3/c1-5(2,7)6(3,4)8;1-4(2,3)5;1-2;;/h7-8H,1-4H3;5H2,1-3H3;1H2;2*1H3. The molecule has 0 rings (SSSR count). The van der Waals surface area contributed by atoms with E-state index in [4.69, 9.17) is 15.9 Å². The van der Waals surface area contributed by atoms with E-state index in [-0.39, 0.29) is 22.4 Å². The summed E-state index contributed by atoms with van der Waals surface area (Å²) in [5.74, 6) is 0. The molecule has 0 radical (unpaired) electrons. The average molecular weight is 267 g/mol. The second-order valence-corrected chi connectivity index (χ2v) is 5.48. The SMILES string of the molecule is B.B.BCl.CC(C)(C)N.CC(C)(O)C(C)(C)O. The van der Waals surface area contributed by atoms with Gasteiger partial charge in [-0.3, -0.25) is 0 Å². The van der Waals surface area contributed by atoms with Crippen LogP contribution in [0.15, 0.2) is 0 Å². The molecule has 0 saturated heterocycles. The lowest BCUT2D eigenvalue weighted by Crippen LogP contribution is -2.44. The van der Waals surface area contributed by atoms with Crippen molar-refractivity contribution in [2.45, 2.75) is 65.2 Å². The van der Waals surface area contributed by atoms with Gasteiger partial charge in [0, 0.05) is 5.54 Å². The van der Waals surface area contributed by atoms with Crippen LogP contribution in [0.5, 0.6) is 0 Å². The molecule has 17 heavy (non-hydrogen) atoms. The molecule has 0 fully saturated rings. The fourth-order valence-corrected chi connectivity index (χ4v) is 0. The van der Waals surface area contributed by atoms with Crippen LogP contribution in [0.25, 0.3) is 0 Å². The Bertz CT molecular complexity index is 133. The average Bonchev–Trinajstić information content (AvgIpc) is 1.83. The van der Waals surface area contributed by atoms with Crippen molar-refractivity contribution in [1.82, 2.24) is 0 Å². The minimum absolute atomic E-state index is 0. The summed E-state index contributed by atoms with van der Waals surface area (Å²) in [5, 5.41) is 18.2. The maximum absolute atomic E-state index is 9.10. The van der Waals surface area contributed by atoms with Crippen LogP contribution in [-0.2, 0) is 0 Å². The summed E-state index contributed by atoms with van der Waals surface area (Å²) in [6.45, 7) is 12.2. The van der Waals surface area contributed by atoms with E-state index in [0.29, 0.717) is 0 Å². The highest BCUT2D eigenvalue weighted by Crippen LogP contribution is 2.19. The maximum atomic E-state index is 9.10. The Hall–Kier alpha value is 0.365. The highest BCUT2D eigenvalue weighted by Gasteiger charge is 2.31. The van der Waals surface area contributed by atoms with Crippen molar-refractivity contribution < 1.29 is 10.2 Å². The van der Waals surface area contributed by atoms with Gasteiger partial charge in [0.2, 0.25) is 7.26 Å². The van der Waals surface area contributed by atoms with Crippen LogP contribution in [-0.4, -0.2) is 51.0 Å². The minimum atomic E-state index is -1.01. The Morgan fingerprint density at radius 3 is 0.824 bits per heavy atom. The largest absolute Gasteiger partial charge is 0.387 e. The monoisotopic (exact) mass is 267 g/mol. The molecule has 0 amide bonds. The van der Waals surface area contributed by atoms with Gasteiger partial charge >= 0.3 is 0 Å². The second-order valence-electron chi connectivity index (χ2n) is 5.48. The summed E-state index contributed by atoms with van der Waals surface area (Å²) in [7, 11) is 1.47. The fraction of sp³-hybridized carbons (Fsp3) is 1.00. The zero-order valence-corrected chi connectivity index (χ0v) is 12.1. The molecule has 0 atom stereocenters. The summed E-state index contributed by atoms with van der Waals surface area (Å²) in [6.07, 6.45) is 0. The van der Waals surface area contributed by atoms with Gasteiger partial charge < -0.3 is 15.9 Å². The molecule has 3 nitrogen and oxygen atoms in total. The van der Waals surface area contributed by atoms with Gasteiger partial charge in [-0.05, 0) is 48.5 Å². The molecule has 0 bridgehead atoms. The number of halogens is 1. The van der Waals surface area contributed by atoms with Gasteiger partial charge in [0.05, 0.1) is 28.0 Å². The minimum Gasteiger partial charge on any atom is -0.387 e. The smallest absolute Gasteiger partial charge is 0.215 e. The van der Waals surface area contributed by atoms with E-state index in [2.05, 4.69) is 11.5 Å². The normalized spacial score (nSPS) is 10.5. The number of nitrogens with two attached hydrogens (primary N) is 1. The summed E-state index contributed by atoms with van der Waals surface area (Å²) < 4.78 is 0. The van der Waals surface area contributed by atoms with Crippen molar-refractivity contribution in [3.63, 3.8) is 0 Å². The van der Waals surface area contributed by atoms with Crippen LogP contribution >= 0.6 is 11.5 Å². The Labute approximate surface area is 117 Å². The highest BCUT2D eigenvalue weighted by molar-refractivity contribution is 6.80. The topological polar surface area (TPSA) is 66.5 Å². The van der Waals surface area contributed by atoms with Crippen LogP contribution < -0.4 is 5.73 Å². The van der Waals surface area contributed by atoms with Crippen molar-refractivity contribution in [3.05, 3.63) is 0 Å². The summed E-state index contributed by atoms with van der Waals surface area (Å²) in [6, 6.07) is 0. The molecular formula is C10H33B3ClNO2. The maximum Gasteiger partial charge on any atom is 0.215 e. The molecule has 0 aromatic heterocycles. The molecule has 0 aromatic carbocycles. The third kappa shape index (κ3) is 38.5. The van der Waals surface area contributed by atoms with Crippen molar-refractivity contribution >= 4 is 35.5 Å². The predicted molar refractivity (Wildman–Crippen MR) is 90.8 cm³/mol. The van der Waals surface area contributed by atoms with Gasteiger partial charge in [-0.25, -0.2) is 11.5 Å². The van der Waals surface area contributed by atoms with Crippen LogP contribution in [0.3, 0.4) is 0 Å². The van der Waals surface area contributed by atoms with E-state index < -0.39 is 11.2 Å². The molecule has 0 heterocycles. The summed E-state index contributed by atoms with van der Waals surface area (Å²) >= 11 is 4.64. The Kier molecular flexibility index (Phi) is 20.5. The molecule has 0 aliphatic carbocycles. The quantitative estimate of drug-likeness (QED) is 0.516. The molecule has 0 aliphatic heterocycles.